The van der Waals surface area contributed by atoms with Gasteiger partial charge in [0.05, 0.1) is 16.4 Å². The fourth-order valence-electron chi connectivity index (χ4n) is 4.73. The summed E-state index contributed by atoms with van der Waals surface area (Å²) in [5, 5.41) is 0.782. The number of halogens is 1. The molecule has 1 fully saturated rings. The first-order valence-electron chi connectivity index (χ1n) is 11.0. The minimum Gasteiger partial charge on any atom is -0.340 e. The van der Waals surface area contributed by atoms with E-state index >= 15 is 0 Å². The summed E-state index contributed by atoms with van der Waals surface area (Å²) >= 11 is 8.65. The molecule has 0 radical (unpaired) electrons. The quantitative estimate of drug-likeness (QED) is 0.669. The molecule has 0 bridgehead atoms. The van der Waals surface area contributed by atoms with Crippen LogP contribution in [0.4, 0.5) is 5.69 Å². The normalized spacial score (nSPS) is 21.0. The second-order valence-electron chi connectivity index (χ2n) is 8.30. The van der Waals surface area contributed by atoms with E-state index in [0.717, 1.165) is 29.1 Å². The lowest BCUT2D eigenvalue weighted by Crippen LogP contribution is -2.37. The molecule has 1 saturated heterocycles. The minimum absolute atomic E-state index is 0.268. The Morgan fingerprint density at radius 1 is 1.03 bits per heavy atom. The Balaban J connectivity index is 1.40. The molecule has 3 aliphatic rings. The van der Waals surface area contributed by atoms with Crippen LogP contribution >= 0.6 is 23.4 Å². The van der Waals surface area contributed by atoms with Crippen LogP contribution in [0.5, 0.6) is 0 Å². The van der Waals surface area contributed by atoms with Crippen molar-refractivity contribution in [3.05, 3.63) is 64.8 Å². The summed E-state index contributed by atoms with van der Waals surface area (Å²) in [6.07, 6.45) is 7.53. The van der Waals surface area contributed by atoms with Crippen molar-refractivity contribution in [1.82, 2.24) is 9.80 Å². The summed E-state index contributed by atoms with van der Waals surface area (Å²) in [7, 11) is 0. The summed E-state index contributed by atoms with van der Waals surface area (Å²) in [5.41, 5.74) is 10.8. The van der Waals surface area contributed by atoms with E-state index in [9.17, 15) is 0 Å². The van der Waals surface area contributed by atoms with E-state index in [-0.39, 0.29) is 5.50 Å². The van der Waals surface area contributed by atoms with Gasteiger partial charge in [0.15, 0.2) is 5.50 Å². The van der Waals surface area contributed by atoms with Gasteiger partial charge in [-0.1, -0.05) is 54.0 Å². The van der Waals surface area contributed by atoms with Crippen LogP contribution in [-0.4, -0.2) is 41.5 Å². The maximum Gasteiger partial charge on any atom is 0.159 e. The molecule has 3 aliphatic heterocycles. The number of rotatable bonds is 6. The number of hydrogen-bond donors (Lipinski definition) is 1. The summed E-state index contributed by atoms with van der Waals surface area (Å²) in [6.45, 7) is 5.22. The lowest BCUT2D eigenvalue weighted by molar-refractivity contribution is 0.217. The van der Waals surface area contributed by atoms with Crippen molar-refractivity contribution in [2.75, 3.05) is 31.1 Å². The summed E-state index contributed by atoms with van der Waals surface area (Å²) in [5.74, 6) is 0. The standard InChI is InChI=1S/C24H29ClN4S/c25-20-15-18(16-26)9-10-19(20)22-17-29-21-7-2-3-8-23(21)30-24(29)28(22)14-6-13-27-11-4-1-5-12-27/h2-3,7-10,15,17,24H,1,4-6,11-14,16,26H2. The molecule has 6 heteroatoms. The van der Waals surface area contributed by atoms with Crippen LogP contribution in [0.25, 0.3) is 5.70 Å². The Bertz CT molecular complexity index is 941. The van der Waals surface area contributed by atoms with E-state index in [0.29, 0.717) is 6.54 Å². The maximum atomic E-state index is 6.71. The van der Waals surface area contributed by atoms with E-state index in [1.807, 2.05) is 17.8 Å². The fraction of sp³-hybridized carbons (Fsp3) is 0.417. The van der Waals surface area contributed by atoms with Crippen LogP contribution in [0.3, 0.4) is 0 Å². The first-order valence-corrected chi connectivity index (χ1v) is 12.2. The molecule has 1 unspecified atom stereocenters. The molecule has 4 nitrogen and oxygen atoms in total. The molecule has 3 heterocycles. The Labute approximate surface area is 188 Å². The van der Waals surface area contributed by atoms with Gasteiger partial charge in [-0.2, -0.15) is 0 Å². The van der Waals surface area contributed by atoms with Crippen LogP contribution in [0.2, 0.25) is 5.02 Å². The number of nitrogens with zero attached hydrogens (tertiary/aromatic N) is 3. The SMILES string of the molecule is NCc1ccc(C2=CN3c4ccccc4SC3N2CCCN2CCCCC2)c(Cl)c1. The summed E-state index contributed by atoms with van der Waals surface area (Å²) in [4.78, 5) is 8.92. The van der Waals surface area contributed by atoms with Gasteiger partial charge in [0.1, 0.15) is 0 Å². The smallest absolute Gasteiger partial charge is 0.159 e. The minimum atomic E-state index is 0.268. The van der Waals surface area contributed by atoms with Crippen LogP contribution in [0.1, 0.15) is 36.8 Å². The first-order chi connectivity index (χ1) is 14.7. The summed E-state index contributed by atoms with van der Waals surface area (Å²) in [6, 6.07) is 14.9. The highest BCUT2D eigenvalue weighted by atomic mass is 35.5. The van der Waals surface area contributed by atoms with Gasteiger partial charge < -0.3 is 20.4 Å². The number of benzene rings is 2. The molecule has 0 spiro atoms. The molecule has 1 atom stereocenters. The molecular formula is C24H29ClN4S. The van der Waals surface area contributed by atoms with E-state index < -0.39 is 0 Å². The molecule has 0 aromatic heterocycles. The van der Waals surface area contributed by atoms with Crippen molar-refractivity contribution in [2.45, 2.75) is 42.6 Å². The predicted molar refractivity (Wildman–Crippen MR) is 128 cm³/mol. The molecule has 0 saturated carbocycles. The van der Waals surface area contributed by atoms with Crippen LogP contribution in [0, 0.1) is 0 Å². The van der Waals surface area contributed by atoms with E-state index in [1.165, 1.54) is 55.2 Å². The Morgan fingerprint density at radius 3 is 2.67 bits per heavy atom. The molecule has 0 aliphatic carbocycles. The molecule has 2 aromatic carbocycles. The number of hydrogen-bond acceptors (Lipinski definition) is 5. The Morgan fingerprint density at radius 2 is 1.87 bits per heavy atom. The average molecular weight is 441 g/mol. The molecule has 0 amide bonds. The zero-order valence-electron chi connectivity index (χ0n) is 17.3. The van der Waals surface area contributed by atoms with Gasteiger partial charge in [-0.25, -0.2) is 0 Å². The highest BCUT2D eigenvalue weighted by Gasteiger charge is 2.40. The van der Waals surface area contributed by atoms with E-state index in [2.05, 4.69) is 57.3 Å². The highest BCUT2D eigenvalue weighted by Crippen LogP contribution is 2.50. The van der Waals surface area contributed by atoms with Gasteiger partial charge in [-0.3, -0.25) is 0 Å². The Kier molecular flexibility index (Phi) is 5.96. The number of nitrogens with two attached hydrogens (primary N) is 1. The topological polar surface area (TPSA) is 35.7 Å². The highest BCUT2D eigenvalue weighted by molar-refractivity contribution is 8.00. The Hall–Kier alpha value is -1.66. The lowest BCUT2D eigenvalue weighted by atomic mass is 10.1. The monoisotopic (exact) mass is 440 g/mol. The fourth-order valence-corrected chi connectivity index (χ4v) is 6.34. The van der Waals surface area contributed by atoms with Gasteiger partial charge in [0.2, 0.25) is 0 Å². The van der Waals surface area contributed by atoms with Gasteiger partial charge in [0.25, 0.3) is 0 Å². The number of fused-ring (bicyclic) bond motifs is 3. The summed E-state index contributed by atoms with van der Waals surface area (Å²) < 4.78 is 0. The van der Waals surface area contributed by atoms with Gasteiger partial charge in [-0.15, -0.1) is 0 Å². The van der Waals surface area contributed by atoms with Crippen LogP contribution in [-0.2, 0) is 6.54 Å². The first kappa shape index (κ1) is 20.3. The van der Waals surface area contributed by atoms with Gasteiger partial charge in [-0.05, 0) is 62.7 Å². The number of likely N-dealkylation sites (tertiary alicyclic amines) is 1. The molecule has 2 aromatic rings. The molecular weight excluding hydrogens is 412 g/mol. The molecule has 5 rings (SSSR count). The second-order valence-corrected chi connectivity index (χ2v) is 9.81. The predicted octanol–water partition coefficient (Wildman–Crippen LogP) is 5.18. The second kappa shape index (κ2) is 8.83. The number of para-hydroxylation sites is 1. The van der Waals surface area contributed by atoms with Gasteiger partial charge in [0, 0.05) is 29.7 Å². The molecule has 158 valence electrons. The number of piperidine rings is 1. The van der Waals surface area contributed by atoms with Crippen molar-refractivity contribution in [3.8, 4) is 0 Å². The van der Waals surface area contributed by atoms with Crippen LogP contribution in [0.15, 0.2) is 53.6 Å². The van der Waals surface area contributed by atoms with Gasteiger partial charge >= 0.3 is 0 Å². The van der Waals surface area contributed by atoms with Crippen molar-refractivity contribution in [2.24, 2.45) is 5.73 Å². The van der Waals surface area contributed by atoms with E-state index in [4.69, 9.17) is 17.3 Å². The van der Waals surface area contributed by atoms with Crippen molar-refractivity contribution in [3.63, 3.8) is 0 Å². The van der Waals surface area contributed by atoms with Crippen molar-refractivity contribution in [1.29, 1.82) is 0 Å². The third kappa shape index (κ3) is 3.84. The average Bonchev–Trinajstić information content (AvgIpc) is 3.31. The zero-order valence-corrected chi connectivity index (χ0v) is 18.8. The van der Waals surface area contributed by atoms with E-state index in [1.54, 1.807) is 0 Å². The third-order valence-corrected chi connectivity index (χ3v) is 7.92. The third-order valence-electron chi connectivity index (χ3n) is 6.32. The number of thioether (sulfide) groups is 1. The number of anilines is 1. The van der Waals surface area contributed by atoms with Crippen LogP contribution < -0.4 is 10.6 Å². The largest absolute Gasteiger partial charge is 0.340 e. The van der Waals surface area contributed by atoms with Crippen molar-refractivity contribution >= 4 is 34.7 Å². The molecule has 30 heavy (non-hydrogen) atoms. The maximum absolute atomic E-state index is 6.71. The van der Waals surface area contributed by atoms with Crippen molar-refractivity contribution < 1.29 is 0 Å². The lowest BCUT2D eigenvalue weighted by Gasteiger charge is -2.31. The molecule has 2 N–H and O–H groups in total. The zero-order chi connectivity index (χ0) is 20.5.